The fraction of sp³-hybridized carbons (Fsp3) is 0.615. The second-order valence-corrected chi connectivity index (χ2v) is 9.59. The summed E-state index contributed by atoms with van der Waals surface area (Å²) in [5, 5.41) is 0. The van der Waals surface area contributed by atoms with Crippen LogP contribution in [0, 0.1) is 0 Å². The van der Waals surface area contributed by atoms with Crippen LogP contribution in [0.25, 0.3) is 0 Å². The molecule has 4 rings (SSSR count). The number of amides is 2. The summed E-state index contributed by atoms with van der Waals surface area (Å²) < 4.78 is 0. The highest BCUT2D eigenvalue weighted by Crippen LogP contribution is 2.34. The van der Waals surface area contributed by atoms with Crippen molar-refractivity contribution in [2.75, 3.05) is 32.1 Å². The van der Waals surface area contributed by atoms with Crippen molar-refractivity contribution in [3.8, 4) is 0 Å². The van der Waals surface area contributed by atoms with E-state index in [-0.39, 0.29) is 24.4 Å². The minimum Gasteiger partial charge on any atom is -0.378 e. The topological polar surface area (TPSA) is 43.9 Å². The number of hydrogen-bond acceptors (Lipinski definition) is 3. The molecule has 0 spiro atoms. The van der Waals surface area contributed by atoms with Gasteiger partial charge in [0.25, 0.3) is 5.91 Å². The Morgan fingerprint density at radius 2 is 1.71 bits per heavy atom. The maximum atomic E-state index is 13.8. The Morgan fingerprint density at radius 1 is 0.968 bits per heavy atom. The molecule has 0 bridgehead atoms. The van der Waals surface area contributed by atoms with Gasteiger partial charge in [-0.15, -0.1) is 0 Å². The molecule has 2 amide bonds. The van der Waals surface area contributed by atoms with Gasteiger partial charge in [0, 0.05) is 32.4 Å². The normalized spacial score (nSPS) is 23.2. The SMILES string of the molecule is CN(C)c1ccc(C2C(=O)N(C3CCCCC3)CC(=O)N2CCC2=CCCCC2)cc1. The standard InChI is InChI=1S/C26H37N3O2/c1-27(2)22-15-13-21(14-16-22)25-26(31)29(23-11-7-4-8-12-23)19-24(30)28(25)18-17-20-9-5-3-6-10-20/h9,13-16,23,25H,3-8,10-12,17-19H2,1-2H3. The zero-order chi connectivity index (χ0) is 21.8. The summed E-state index contributed by atoms with van der Waals surface area (Å²) in [6.07, 6.45) is 13.6. The van der Waals surface area contributed by atoms with Crippen LogP contribution in [0.15, 0.2) is 35.9 Å². The maximum Gasteiger partial charge on any atom is 0.250 e. The van der Waals surface area contributed by atoms with Crippen molar-refractivity contribution in [1.82, 2.24) is 9.80 Å². The zero-order valence-corrected chi connectivity index (χ0v) is 19.2. The molecule has 2 aliphatic carbocycles. The smallest absolute Gasteiger partial charge is 0.250 e. The third kappa shape index (κ3) is 4.97. The number of hydrogen-bond donors (Lipinski definition) is 0. The minimum atomic E-state index is -0.497. The molecule has 1 atom stereocenters. The molecule has 5 heteroatoms. The lowest BCUT2D eigenvalue weighted by atomic mass is 9.91. The van der Waals surface area contributed by atoms with Crippen LogP contribution in [0.4, 0.5) is 5.69 Å². The molecule has 0 radical (unpaired) electrons. The molecule has 1 saturated heterocycles. The van der Waals surface area contributed by atoms with E-state index < -0.39 is 6.04 Å². The lowest BCUT2D eigenvalue weighted by molar-refractivity contribution is -0.159. The van der Waals surface area contributed by atoms with E-state index >= 15 is 0 Å². The van der Waals surface area contributed by atoms with Crippen molar-refractivity contribution in [3.63, 3.8) is 0 Å². The van der Waals surface area contributed by atoms with Crippen LogP contribution in [-0.4, -0.2) is 54.8 Å². The molecule has 1 unspecified atom stereocenters. The summed E-state index contributed by atoms with van der Waals surface area (Å²) in [4.78, 5) is 32.9. The van der Waals surface area contributed by atoms with Gasteiger partial charge in [0.15, 0.2) is 0 Å². The van der Waals surface area contributed by atoms with Gasteiger partial charge in [-0.25, -0.2) is 0 Å². The van der Waals surface area contributed by atoms with Crippen molar-refractivity contribution in [2.45, 2.75) is 76.3 Å². The summed E-state index contributed by atoms with van der Waals surface area (Å²) in [5.41, 5.74) is 3.48. The van der Waals surface area contributed by atoms with E-state index in [4.69, 9.17) is 0 Å². The number of piperazine rings is 1. The summed E-state index contributed by atoms with van der Waals surface area (Å²) in [7, 11) is 4.03. The van der Waals surface area contributed by atoms with Crippen molar-refractivity contribution in [2.24, 2.45) is 0 Å². The lowest BCUT2D eigenvalue weighted by Gasteiger charge is -2.44. The quantitative estimate of drug-likeness (QED) is 0.624. The molecule has 2 fully saturated rings. The van der Waals surface area contributed by atoms with E-state index in [9.17, 15) is 9.59 Å². The first kappa shape index (κ1) is 21.9. The number of rotatable bonds is 6. The number of carbonyl (C=O) groups is 2. The van der Waals surface area contributed by atoms with Gasteiger partial charge in [0.2, 0.25) is 5.91 Å². The molecule has 5 nitrogen and oxygen atoms in total. The average molecular weight is 424 g/mol. The number of nitrogens with zero attached hydrogens (tertiary/aromatic N) is 3. The predicted molar refractivity (Wildman–Crippen MR) is 125 cm³/mol. The first-order chi connectivity index (χ1) is 15.0. The molecule has 1 aromatic rings. The molecular weight excluding hydrogens is 386 g/mol. The van der Waals surface area contributed by atoms with E-state index in [1.165, 1.54) is 24.8 Å². The van der Waals surface area contributed by atoms with E-state index in [1.54, 1.807) is 0 Å². The molecule has 1 aromatic carbocycles. The molecule has 0 aromatic heterocycles. The minimum absolute atomic E-state index is 0.100. The predicted octanol–water partition coefficient (Wildman–Crippen LogP) is 4.69. The van der Waals surface area contributed by atoms with Gasteiger partial charge in [-0.3, -0.25) is 9.59 Å². The lowest BCUT2D eigenvalue weighted by Crippen LogP contribution is -2.58. The highest BCUT2D eigenvalue weighted by atomic mass is 16.2. The molecular formula is C26H37N3O2. The van der Waals surface area contributed by atoms with Crippen LogP contribution < -0.4 is 4.90 Å². The largest absolute Gasteiger partial charge is 0.378 e. The van der Waals surface area contributed by atoms with Crippen LogP contribution >= 0.6 is 0 Å². The third-order valence-corrected chi connectivity index (χ3v) is 7.25. The fourth-order valence-electron chi connectivity index (χ4n) is 5.38. The molecule has 1 saturated carbocycles. The van der Waals surface area contributed by atoms with Gasteiger partial charge in [0.1, 0.15) is 12.6 Å². The zero-order valence-electron chi connectivity index (χ0n) is 19.2. The first-order valence-corrected chi connectivity index (χ1v) is 12.1. The van der Waals surface area contributed by atoms with Crippen molar-refractivity contribution < 1.29 is 9.59 Å². The second kappa shape index (κ2) is 9.88. The molecule has 3 aliphatic rings. The third-order valence-electron chi connectivity index (χ3n) is 7.25. The maximum absolute atomic E-state index is 13.8. The average Bonchev–Trinajstić information content (AvgIpc) is 2.80. The number of benzene rings is 1. The molecule has 1 heterocycles. The summed E-state index contributed by atoms with van der Waals surface area (Å²) in [6.45, 7) is 0.879. The van der Waals surface area contributed by atoms with Gasteiger partial charge in [-0.1, -0.05) is 43.0 Å². The Hall–Kier alpha value is -2.30. The Labute approximate surface area is 187 Å². The Bertz CT molecular complexity index is 808. The number of allylic oxidation sites excluding steroid dienone is 1. The number of anilines is 1. The van der Waals surface area contributed by atoms with Crippen LogP contribution in [-0.2, 0) is 9.59 Å². The highest BCUT2D eigenvalue weighted by molar-refractivity contribution is 5.96. The fourth-order valence-corrected chi connectivity index (χ4v) is 5.38. The van der Waals surface area contributed by atoms with Crippen LogP contribution in [0.2, 0.25) is 0 Å². The Balaban J connectivity index is 1.59. The van der Waals surface area contributed by atoms with E-state index in [2.05, 4.69) is 23.1 Å². The molecule has 168 valence electrons. The molecule has 31 heavy (non-hydrogen) atoms. The van der Waals surface area contributed by atoms with Crippen LogP contribution in [0.1, 0.15) is 75.8 Å². The van der Waals surface area contributed by atoms with Gasteiger partial charge >= 0.3 is 0 Å². The molecule has 0 N–H and O–H groups in total. The summed E-state index contributed by atoms with van der Waals surface area (Å²) in [6, 6.07) is 7.88. The summed E-state index contributed by atoms with van der Waals surface area (Å²) >= 11 is 0. The van der Waals surface area contributed by atoms with Crippen LogP contribution in [0.3, 0.4) is 0 Å². The van der Waals surface area contributed by atoms with Crippen molar-refractivity contribution >= 4 is 17.5 Å². The van der Waals surface area contributed by atoms with Gasteiger partial charge in [-0.2, -0.15) is 0 Å². The monoisotopic (exact) mass is 423 g/mol. The van der Waals surface area contributed by atoms with E-state index in [0.29, 0.717) is 6.54 Å². The van der Waals surface area contributed by atoms with Gasteiger partial charge in [0.05, 0.1) is 0 Å². The Kier molecular flexibility index (Phi) is 6.99. The van der Waals surface area contributed by atoms with E-state index in [1.807, 2.05) is 36.0 Å². The summed E-state index contributed by atoms with van der Waals surface area (Å²) in [5.74, 6) is 0.213. The number of carbonyl (C=O) groups excluding carboxylic acids is 2. The second-order valence-electron chi connectivity index (χ2n) is 9.59. The van der Waals surface area contributed by atoms with Gasteiger partial charge in [-0.05, 0) is 62.6 Å². The van der Waals surface area contributed by atoms with Crippen molar-refractivity contribution in [3.05, 3.63) is 41.5 Å². The van der Waals surface area contributed by atoms with Crippen molar-refractivity contribution in [1.29, 1.82) is 0 Å². The first-order valence-electron chi connectivity index (χ1n) is 12.1. The molecule has 1 aliphatic heterocycles. The van der Waals surface area contributed by atoms with E-state index in [0.717, 1.165) is 56.2 Å². The van der Waals surface area contributed by atoms with Crippen LogP contribution in [0.5, 0.6) is 0 Å². The van der Waals surface area contributed by atoms with Gasteiger partial charge < -0.3 is 14.7 Å². The highest BCUT2D eigenvalue weighted by Gasteiger charge is 2.42. The Morgan fingerprint density at radius 3 is 2.35 bits per heavy atom.